The van der Waals surface area contributed by atoms with Crippen molar-refractivity contribution in [1.82, 2.24) is 0 Å². The second-order valence-electron chi connectivity index (χ2n) is 3.13. The fourth-order valence-electron chi connectivity index (χ4n) is 1.20. The molecule has 0 bridgehead atoms. The molecule has 0 N–H and O–H groups in total. The first kappa shape index (κ1) is 11.7. The summed E-state index contributed by atoms with van der Waals surface area (Å²) >= 11 is 9.46. The van der Waals surface area contributed by atoms with Gasteiger partial charge in [-0.15, -0.1) is 0 Å². The normalized spacial score (nSPS) is 12.6. The molecule has 3 heteroatoms. The first-order valence-corrected chi connectivity index (χ1v) is 5.82. The van der Waals surface area contributed by atoms with Crippen LogP contribution in [0.2, 0.25) is 5.02 Å². The zero-order chi connectivity index (χ0) is 10.7. The number of carbonyl (C=O) groups excluding carboxylic acids is 1. The van der Waals surface area contributed by atoms with E-state index in [2.05, 4.69) is 15.9 Å². The summed E-state index contributed by atoms with van der Waals surface area (Å²) in [4.78, 5) is 11.7. The van der Waals surface area contributed by atoms with E-state index in [1.807, 2.05) is 26.0 Å². The van der Waals surface area contributed by atoms with Crippen LogP contribution in [0.4, 0.5) is 0 Å². The molecule has 0 aliphatic carbocycles. The van der Waals surface area contributed by atoms with E-state index in [1.165, 1.54) is 0 Å². The third-order valence-electron chi connectivity index (χ3n) is 2.07. The molecule has 0 aliphatic heterocycles. The molecule has 76 valence electrons. The Kier molecular flexibility index (Phi) is 4.14. The van der Waals surface area contributed by atoms with Gasteiger partial charge in [0.05, 0.1) is 5.02 Å². The molecule has 1 rings (SSSR count). The minimum atomic E-state index is 0.0868. The highest BCUT2D eigenvalue weighted by atomic mass is 79.9. The Morgan fingerprint density at radius 2 is 2.21 bits per heavy atom. The molecule has 0 saturated carbocycles. The van der Waals surface area contributed by atoms with Crippen molar-refractivity contribution in [2.75, 3.05) is 0 Å². The Morgan fingerprint density at radius 3 is 2.64 bits per heavy atom. The van der Waals surface area contributed by atoms with E-state index in [1.54, 1.807) is 6.07 Å². The number of benzene rings is 1. The van der Waals surface area contributed by atoms with Crippen molar-refractivity contribution >= 4 is 33.3 Å². The zero-order valence-electron chi connectivity index (χ0n) is 8.18. The lowest BCUT2D eigenvalue weighted by Gasteiger charge is -2.07. The van der Waals surface area contributed by atoms with E-state index in [9.17, 15) is 4.79 Å². The number of hydrogen-bond donors (Lipinski definition) is 0. The third kappa shape index (κ3) is 2.58. The van der Waals surface area contributed by atoms with Crippen molar-refractivity contribution in [1.29, 1.82) is 0 Å². The molecule has 0 aromatic heterocycles. The molecule has 1 atom stereocenters. The van der Waals surface area contributed by atoms with Crippen molar-refractivity contribution in [3.8, 4) is 0 Å². The van der Waals surface area contributed by atoms with Crippen molar-refractivity contribution < 1.29 is 4.79 Å². The predicted molar refractivity (Wildman–Crippen MR) is 63.4 cm³/mol. The van der Waals surface area contributed by atoms with Gasteiger partial charge in [-0.25, -0.2) is 0 Å². The summed E-state index contributed by atoms with van der Waals surface area (Å²) in [5, 5.41) is 0.542. The van der Waals surface area contributed by atoms with E-state index in [-0.39, 0.29) is 10.6 Å². The van der Waals surface area contributed by atoms with Crippen molar-refractivity contribution in [2.45, 2.75) is 25.1 Å². The molecule has 0 amide bonds. The van der Waals surface area contributed by atoms with Gasteiger partial charge in [-0.05, 0) is 24.6 Å². The van der Waals surface area contributed by atoms with Crippen LogP contribution in [0, 0.1) is 0 Å². The van der Waals surface area contributed by atoms with Crippen molar-refractivity contribution in [2.24, 2.45) is 0 Å². The first-order valence-electron chi connectivity index (χ1n) is 4.53. The third-order valence-corrected chi connectivity index (χ3v) is 2.92. The summed E-state index contributed by atoms with van der Waals surface area (Å²) in [5.74, 6) is 0.0868. The van der Waals surface area contributed by atoms with Crippen molar-refractivity contribution in [3.63, 3.8) is 0 Å². The molecule has 1 unspecified atom stereocenters. The van der Waals surface area contributed by atoms with E-state index >= 15 is 0 Å². The maximum Gasteiger partial charge on any atom is 0.164 e. The average Bonchev–Trinajstić information content (AvgIpc) is 2.16. The minimum Gasteiger partial charge on any atom is -0.294 e. The quantitative estimate of drug-likeness (QED) is 0.591. The number of rotatable bonds is 3. The van der Waals surface area contributed by atoms with Gasteiger partial charge in [0, 0.05) is 16.8 Å². The summed E-state index contributed by atoms with van der Waals surface area (Å²) in [7, 11) is 0. The molecule has 0 aliphatic rings. The molecule has 1 aromatic carbocycles. The Hall–Kier alpha value is -0.340. The summed E-state index contributed by atoms with van der Waals surface area (Å²) in [6.45, 7) is 3.85. The van der Waals surface area contributed by atoms with Gasteiger partial charge in [-0.1, -0.05) is 40.5 Å². The van der Waals surface area contributed by atoms with Crippen LogP contribution in [-0.4, -0.2) is 5.78 Å². The van der Waals surface area contributed by atoms with Gasteiger partial charge in [0.25, 0.3) is 0 Å². The van der Waals surface area contributed by atoms with E-state index in [0.29, 0.717) is 17.0 Å². The van der Waals surface area contributed by atoms with Crippen LogP contribution in [0.15, 0.2) is 18.2 Å². The smallest absolute Gasteiger partial charge is 0.164 e. The SMILES string of the molecule is CCC(=O)c1ccc(C(C)Br)cc1Cl. The van der Waals surface area contributed by atoms with E-state index < -0.39 is 0 Å². The first-order chi connectivity index (χ1) is 6.56. The fourth-order valence-corrected chi connectivity index (χ4v) is 1.77. The van der Waals surface area contributed by atoms with Gasteiger partial charge in [0.1, 0.15) is 0 Å². The topological polar surface area (TPSA) is 17.1 Å². The van der Waals surface area contributed by atoms with E-state index in [4.69, 9.17) is 11.6 Å². The molecule has 1 aromatic rings. The summed E-state index contributed by atoms with van der Waals surface area (Å²) < 4.78 is 0. The summed E-state index contributed by atoms with van der Waals surface area (Å²) in [5.41, 5.74) is 1.70. The molecule has 0 radical (unpaired) electrons. The highest BCUT2D eigenvalue weighted by Gasteiger charge is 2.10. The van der Waals surface area contributed by atoms with Crippen LogP contribution < -0.4 is 0 Å². The standard InChI is InChI=1S/C11H12BrClO/c1-3-11(14)9-5-4-8(7(2)12)6-10(9)13/h4-7H,3H2,1-2H3. The van der Waals surface area contributed by atoms with Gasteiger partial charge in [-0.3, -0.25) is 4.79 Å². The average molecular weight is 276 g/mol. The number of Topliss-reactive ketones (excluding diaryl/α,β-unsaturated/α-hetero) is 1. The minimum absolute atomic E-state index is 0.0868. The number of ketones is 1. The van der Waals surface area contributed by atoms with Gasteiger partial charge >= 0.3 is 0 Å². The molecule has 0 heterocycles. The lowest BCUT2D eigenvalue weighted by molar-refractivity contribution is 0.0988. The lowest BCUT2D eigenvalue weighted by Crippen LogP contribution is -1.98. The second-order valence-corrected chi connectivity index (χ2v) is 4.91. The number of alkyl halides is 1. The van der Waals surface area contributed by atoms with Gasteiger partial charge in [-0.2, -0.15) is 0 Å². The van der Waals surface area contributed by atoms with Gasteiger partial charge in [0.15, 0.2) is 5.78 Å². The van der Waals surface area contributed by atoms with Gasteiger partial charge < -0.3 is 0 Å². The highest BCUT2D eigenvalue weighted by Crippen LogP contribution is 2.27. The Bertz CT molecular complexity index is 347. The molecule has 1 nitrogen and oxygen atoms in total. The van der Waals surface area contributed by atoms with Crippen LogP contribution in [0.25, 0.3) is 0 Å². The molecular weight excluding hydrogens is 263 g/mol. The van der Waals surface area contributed by atoms with Crippen LogP contribution >= 0.6 is 27.5 Å². The van der Waals surface area contributed by atoms with E-state index in [0.717, 1.165) is 5.56 Å². The zero-order valence-corrected chi connectivity index (χ0v) is 10.5. The Labute approximate surface area is 97.6 Å². The molecule has 14 heavy (non-hydrogen) atoms. The number of hydrogen-bond acceptors (Lipinski definition) is 1. The lowest BCUT2D eigenvalue weighted by atomic mass is 10.1. The van der Waals surface area contributed by atoms with Crippen LogP contribution in [-0.2, 0) is 0 Å². The molecule has 0 spiro atoms. The fraction of sp³-hybridized carbons (Fsp3) is 0.364. The van der Waals surface area contributed by atoms with Crippen LogP contribution in [0.3, 0.4) is 0 Å². The largest absolute Gasteiger partial charge is 0.294 e. The predicted octanol–water partition coefficient (Wildman–Crippen LogP) is 4.39. The Morgan fingerprint density at radius 1 is 1.57 bits per heavy atom. The maximum atomic E-state index is 11.4. The second kappa shape index (κ2) is 4.94. The number of carbonyl (C=O) groups is 1. The highest BCUT2D eigenvalue weighted by molar-refractivity contribution is 9.09. The maximum absolute atomic E-state index is 11.4. The summed E-state index contributed by atoms with van der Waals surface area (Å²) in [6.07, 6.45) is 0.489. The summed E-state index contributed by atoms with van der Waals surface area (Å²) in [6, 6.07) is 5.55. The van der Waals surface area contributed by atoms with Gasteiger partial charge in [0.2, 0.25) is 0 Å². The molecule has 0 saturated heterocycles. The van der Waals surface area contributed by atoms with Crippen LogP contribution in [0.1, 0.15) is 41.0 Å². The van der Waals surface area contributed by atoms with Crippen LogP contribution in [0.5, 0.6) is 0 Å². The van der Waals surface area contributed by atoms with Crippen molar-refractivity contribution in [3.05, 3.63) is 34.3 Å². The number of halogens is 2. The Balaban J connectivity index is 3.07. The monoisotopic (exact) mass is 274 g/mol. The molecule has 0 fully saturated rings. The molecular formula is C11H12BrClO.